The SMILES string of the molecule is CCNC(=NCc1nccn1CC(C)C)NCCCc1cc2c(OC)cc(OC)cc2[nH]1. The summed E-state index contributed by atoms with van der Waals surface area (Å²) < 4.78 is 13.1. The first kappa shape index (κ1) is 23.5. The van der Waals surface area contributed by atoms with Crippen LogP contribution in [0.4, 0.5) is 0 Å². The van der Waals surface area contributed by atoms with Crippen LogP contribution in [0.15, 0.2) is 35.6 Å². The van der Waals surface area contributed by atoms with Crippen molar-refractivity contribution < 1.29 is 9.47 Å². The number of aromatic nitrogens is 3. The average molecular weight is 441 g/mol. The van der Waals surface area contributed by atoms with E-state index in [1.54, 1.807) is 14.2 Å². The van der Waals surface area contributed by atoms with E-state index in [0.717, 1.165) is 66.7 Å². The van der Waals surface area contributed by atoms with Gasteiger partial charge in [-0.05, 0) is 31.7 Å². The Balaban J connectivity index is 1.56. The molecule has 0 atom stereocenters. The van der Waals surface area contributed by atoms with Crippen molar-refractivity contribution >= 4 is 16.9 Å². The van der Waals surface area contributed by atoms with E-state index in [9.17, 15) is 0 Å². The molecule has 0 fully saturated rings. The van der Waals surface area contributed by atoms with Crippen LogP contribution < -0.4 is 20.1 Å². The minimum Gasteiger partial charge on any atom is -0.497 e. The number of nitrogens with one attached hydrogen (secondary N) is 3. The number of methoxy groups -OCH3 is 2. The van der Waals surface area contributed by atoms with Gasteiger partial charge in [0.1, 0.15) is 23.9 Å². The molecule has 1 aromatic carbocycles. The quantitative estimate of drug-likeness (QED) is 0.240. The lowest BCUT2D eigenvalue weighted by Crippen LogP contribution is -2.38. The molecule has 0 unspecified atom stereocenters. The number of ether oxygens (including phenoxy) is 2. The van der Waals surface area contributed by atoms with Gasteiger partial charge in [-0.15, -0.1) is 0 Å². The molecule has 3 N–H and O–H groups in total. The third kappa shape index (κ3) is 6.18. The second-order valence-electron chi connectivity index (χ2n) is 8.20. The first-order valence-electron chi connectivity index (χ1n) is 11.3. The van der Waals surface area contributed by atoms with Crippen LogP contribution in [0.1, 0.15) is 38.7 Å². The Labute approximate surface area is 190 Å². The van der Waals surface area contributed by atoms with Crippen molar-refractivity contribution in [3.63, 3.8) is 0 Å². The molecule has 0 aliphatic carbocycles. The summed E-state index contributed by atoms with van der Waals surface area (Å²) in [5, 5.41) is 7.82. The normalized spacial score (nSPS) is 11.9. The number of H-pyrrole nitrogens is 1. The van der Waals surface area contributed by atoms with Crippen LogP contribution in [0.25, 0.3) is 10.9 Å². The smallest absolute Gasteiger partial charge is 0.191 e. The molecule has 0 radical (unpaired) electrons. The maximum atomic E-state index is 5.51. The van der Waals surface area contributed by atoms with Crippen LogP contribution in [0.5, 0.6) is 11.5 Å². The molecule has 3 rings (SSSR count). The van der Waals surface area contributed by atoms with E-state index in [-0.39, 0.29) is 0 Å². The van der Waals surface area contributed by atoms with Crippen molar-refractivity contribution in [2.24, 2.45) is 10.9 Å². The van der Waals surface area contributed by atoms with E-state index in [0.29, 0.717) is 12.5 Å². The molecule has 8 nitrogen and oxygen atoms in total. The zero-order valence-corrected chi connectivity index (χ0v) is 19.9. The van der Waals surface area contributed by atoms with Crippen LogP contribution in [0, 0.1) is 5.92 Å². The summed E-state index contributed by atoms with van der Waals surface area (Å²) in [5.74, 6) is 3.97. The second-order valence-corrected chi connectivity index (χ2v) is 8.20. The highest BCUT2D eigenvalue weighted by Gasteiger charge is 2.09. The van der Waals surface area contributed by atoms with Gasteiger partial charge in [-0.3, -0.25) is 0 Å². The highest BCUT2D eigenvalue weighted by molar-refractivity contribution is 5.88. The molecule has 2 aromatic heterocycles. The van der Waals surface area contributed by atoms with Gasteiger partial charge in [0.25, 0.3) is 0 Å². The summed E-state index contributed by atoms with van der Waals surface area (Å²) >= 11 is 0. The molecule has 0 aliphatic rings. The third-order valence-corrected chi connectivity index (χ3v) is 5.19. The summed E-state index contributed by atoms with van der Waals surface area (Å²) in [6.45, 7) is 9.63. The maximum absolute atomic E-state index is 5.51. The van der Waals surface area contributed by atoms with Crippen molar-refractivity contribution in [1.82, 2.24) is 25.2 Å². The van der Waals surface area contributed by atoms with Crippen LogP contribution in [-0.2, 0) is 19.5 Å². The van der Waals surface area contributed by atoms with Crippen LogP contribution >= 0.6 is 0 Å². The number of rotatable bonds is 11. The predicted octanol–water partition coefficient (Wildman–Crippen LogP) is 3.73. The van der Waals surface area contributed by atoms with Crippen molar-refractivity contribution in [2.75, 3.05) is 27.3 Å². The number of aliphatic imine (C=N–C) groups is 1. The van der Waals surface area contributed by atoms with Gasteiger partial charge in [-0.1, -0.05) is 13.8 Å². The van der Waals surface area contributed by atoms with E-state index >= 15 is 0 Å². The topological polar surface area (TPSA) is 88.5 Å². The lowest BCUT2D eigenvalue weighted by atomic mass is 10.2. The fraction of sp³-hybridized carbons (Fsp3) is 0.500. The molecule has 0 aliphatic heterocycles. The molecule has 0 amide bonds. The molecular formula is C24H36N6O2. The van der Waals surface area contributed by atoms with Gasteiger partial charge in [0.15, 0.2) is 5.96 Å². The maximum Gasteiger partial charge on any atom is 0.191 e. The molecule has 0 bridgehead atoms. The Morgan fingerprint density at radius 1 is 1.19 bits per heavy atom. The number of benzene rings is 1. The number of aromatic amines is 1. The number of hydrogen-bond acceptors (Lipinski definition) is 4. The highest BCUT2D eigenvalue weighted by atomic mass is 16.5. The molecule has 0 saturated carbocycles. The van der Waals surface area contributed by atoms with Gasteiger partial charge < -0.3 is 29.7 Å². The van der Waals surface area contributed by atoms with Gasteiger partial charge in [0.05, 0.1) is 19.7 Å². The number of fused-ring (bicyclic) bond motifs is 1. The number of imidazole rings is 1. The summed E-state index contributed by atoms with van der Waals surface area (Å²) in [7, 11) is 3.35. The average Bonchev–Trinajstić information content (AvgIpc) is 3.39. The largest absolute Gasteiger partial charge is 0.497 e. The van der Waals surface area contributed by atoms with Crippen molar-refractivity contribution in [1.29, 1.82) is 0 Å². The summed E-state index contributed by atoms with van der Waals surface area (Å²) in [4.78, 5) is 12.7. The zero-order chi connectivity index (χ0) is 22.9. The van der Waals surface area contributed by atoms with Crippen LogP contribution in [-0.4, -0.2) is 47.8 Å². The number of guanidine groups is 1. The molecule has 3 aromatic rings. The van der Waals surface area contributed by atoms with Crippen molar-refractivity contribution in [3.8, 4) is 11.5 Å². The molecule has 32 heavy (non-hydrogen) atoms. The van der Waals surface area contributed by atoms with Crippen molar-refractivity contribution in [3.05, 3.63) is 42.1 Å². The van der Waals surface area contributed by atoms with Crippen LogP contribution in [0.2, 0.25) is 0 Å². The van der Waals surface area contributed by atoms with Gasteiger partial charge in [0, 0.05) is 55.2 Å². The summed E-state index contributed by atoms with van der Waals surface area (Å²) in [6, 6.07) is 6.06. The first-order chi connectivity index (χ1) is 15.5. The Hall–Kier alpha value is -3.16. The Kier molecular flexibility index (Phi) is 8.41. The van der Waals surface area contributed by atoms with E-state index in [1.165, 1.54) is 5.69 Å². The molecule has 174 valence electrons. The lowest BCUT2D eigenvalue weighted by molar-refractivity contribution is 0.398. The number of aryl methyl sites for hydroxylation is 1. The first-order valence-corrected chi connectivity index (χ1v) is 11.3. The van der Waals surface area contributed by atoms with E-state index in [1.807, 2.05) is 24.5 Å². The molecule has 2 heterocycles. The Bertz CT molecular complexity index is 1020. The Morgan fingerprint density at radius 3 is 2.75 bits per heavy atom. The van der Waals surface area contributed by atoms with E-state index < -0.39 is 0 Å². The summed E-state index contributed by atoms with van der Waals surface area (Å²) in [6.07, 6.45) is 5.76. The number of nitrogens with zero attached hydrogens (tertiary/aromatic N) is 3. The molecule has 8 heteroatoms. The Morgan fingerprint density at radius 2 is 2.03 bits per heavy atom. The highest BCUT2D eigenvalue weighted by Crippen LogP contribution is 2.31. The standard InChI is InChI=1S/C24H36N6O2/c1-6-25-24(28-15-23-26-10-11-30(23)16-17(2)3)27-9-7-8-18-12-20-21(29-18)13-19(31-4)14-22(20)32-5/h10-14,17,29H,6-9,15-16H2,1-5H3,(H2,25,27,28). The third-order valence-electron chi connectivity index (χ3n) is 5.19. The lowest BCUT2D eigenvalue weighted by Gasteiger charge is -2.12. The monoisotopic (exact) mass is 440 g/mol. The minimum absolute atomic E-state index is 0.554. The summed E-state index contributed by atoms with van der Waals surface area (Å²) in [5.41, 5.74) is 2.20. The molecule has 0 saturated heterocycles. The molecular weight excluding hydrogens is 404 g/mol. The van der Waals surface area contributed by atoms with E-state index in [2.05, 4.69) is 52.0 Å². The van der Waals surface area contributed by atoms with Gasteiger partial charge in [0.2, 0.25) is 0 Å². The predicted molar refractivity (Wildman–Crippen MR) is 130 cm³/mol. The fourth-order valence-corrected chi connectivity index (χ4v) is 3.69. The van der Waals surface area contributed by atoms with Gasteiger partial charge in [-0.2, -0.15) is 0 Å². The zero-order valence-electron chi connectivity index (χ0n) is 19.9. The van der Waals surface area contributed by atoms with Crippen LogP contribution in [0.3, 0.4) is 0 Å². The minimum atomic E-state index is 0.554. The van der Waals surface area contributed by atoms with Gasteiger partial charge in [-0.25, -0.2) is 9.98 Å². The van der Waals surface area contributed by atoms with Gasteiger partial charge >= 0.3 is 0 Å². The fourth-order valence-electron chi connectivity index (χ4n) is 3.69. The van der Waals surface area contributed by atoms with Crippen molar-refractivity contribution in [2.45, 2.75) is 46.7 Å². The second kappa shape index (κ2) is 11.5. The van der Waals surface area contributed by atoms with E-state index in [4.69, 9.17) is 14.5 Å². The number of hydrogen-bond donors (Lipinski definition) is 3. The molecule has 0 spiro atoms.